The molecular weight excluding hydrogens is 300 g/mol. The molecule has 0 spiro atoms. The van der Waals surface area contributed by atoms with Gasteiger partial charge in [-0.25, -0.2) is 0 Å². The zero-order valence-corrected chi connectivity index (χ0v) is 16.2. The molecule has 0 amide bonds. The summed E-state index contributed by atoms with van der Waals surface area (Å²) >= 11 is 0. The molecule has 3 nitrogen and oxygen atoms in total. The van der Waals surface area contributed by atoms with E-state index in [9.17, 15) is 4.79 Å². The Morgan fingerprint density at radius 3 is 2.54 bits per heavy atom. The smallest absolute Gasteiger partial charge is 0.290 e. The van der Waals surface area contributed by atoms with Crippen LogP contribution < -0.4 is 0 Å². The molecule has 0 aromatic heterocycles. The summed E-state index contributed by atoms with van der Waals surface area (Å²) in [7, 11) is 1.54. The fourth-order valence-corrected chi connectivity index (χ4v) is 3.93. The highest BCUT2D eigenvalue weighted by atomic mass is 16.7. The largest absolute Gasteiger partial charge is 0.468 e. The number of Topliss-reactive ketones (excluding diaryl/α,β-unsaturated/α-hetero) is 1. The minimum absolute atomic E-state index is 0.0570. The highest BCUT2D eigenvalue weighted by Gasteiger charge is 2.48. The van der Waals surface area contributed by atoms with Gasteiger partial charge in [0.1, 0.15) is 11.2 Å². The molecule has 0 saturated carbocycles. The summed E-state index contributed by atoms with van der Waals surface area (Å²) in [6, 6.07) is 0. The summed E-state index contributed by atoms with van der Waals surface area (Å²) in [5, 5.41) is 0. The molecule has 0 fully saturated rings. The maximum absolute atomic E-state index is 12.9. The molecule has 132 valence electrons. The van der Waals surface area contributed by atoms with E-state index >= 15 is 0 Å². The lowest BCUT2D eigenvalue weighted by Gasteiger charge is -2.40. The highest BCUT2D eigenvalue weighted by molar-refractivity contribution is 6.04. The van der Waals surface area contributed by atoms with E-state index in [0.717, 1.165) is 17.8 Å². The molecule has 0 unspecified atom stereocenters. The van der Waals surface area contributed by atoms with Crippen LogP contribution in [-0.4, -0.2) is 12.9 Å². The first-order chi connectivity index (χ1) is 11.1. The van der Waals surface area contributed by atoms with Crippen molar-refractivity contribution < 1.29 is 14.3 Å². The van der Waals surface area contributed by atoms with Gasteiger partial charge in [-0.2, -0.15) is 0 Å². The van der Waals surface area contributed by atoms with Crippen LogP contribution in [0.25, 0.3) is 0 Å². The Morgan fingerprint density at radius 1 is 1.38 bits per heavy atom. The minimum Gasteiger partial charge on any atom is -0.468 e. The summed E-state index contributed by atoms with van der Waals surface area (Å²) < 4.78 is 11.3. The second-order valence-corrected chi connectivity index (χ2v) is 7.66. The number of carbonyl (C=O) groups excluding carboxylic acids is 1. The monoisotopic (exact) mass is 330 g/mol. The lowest BCUT2D eigenvalue weighted by Crippen LogP contribution is -2.39. The van der Waals surface area contributed by atoms with E-state index in [-0.39, 0.29) is 11.7 Å². The SMILES string of the molecule is COC1=C(C)C(=O)[C@@]2(C)C=C(C)[C@H](/C(C)=C/CC(C)C)C(C)=C2O1. The normalized spacial score (nSPS) is 28.0. The quantitative estimate of drug-likeness (QED) is 0.655. The third-order valence-electron chi connectivity index (χ3n) is 5.10. The van der Waals surface area contributed by atoms with Crippen molar-refractivity contribution in [2.24, 2.45) is 17.3 Å². The lowest BCUT2D eigenvalue weighted by molar-refractivity contribution is -0.125. The van der Waals surface area contributed by atoms with E-state index in [4.69, 9.17) is 9.47 Å². The first kappa shape index (κ1) is 18.6. The van der Waals surface area contributed by atoms with Crippen LogP contribution in [0.15, 0.2) is 46.1 Å². The van der Waals surface area contributed by atoms with Crippen molar-refractivity contribution in [2.45, 2.75) is 54.9 Å². The third-order valence-corrected chi connectivity index (χ3v) is 5.10. The first-order valence-electron chi connectivity index (χ1n) is 8.68. The minimum atomic E-state index is -0.727. The molecule has 2 aliphatic rings. The molecule has 0 N–H and O–H groups in total. The third kappa shape index (κ3) is 2.97. The Balaban J connectivity index is 2.53. The fourth-order valence-electron chi connectivity index (χ4n) is 3.93. The van der Waals surface area contributed by atoms with Gasteiger partial charge in [-0.15, -0.1) is 0 Å². The summed E-state index contributed by atoms with van der Waals surface area (Å²) in [4.78, 5) is 12.9. The van der Waals surface area contributed by atoms with Crippen molar-refractivity contribution in [2.75, 3.05) is 7.11 Å². The molecular formula is C21H30O3. The van der Waals surface area contributed by atoms with Crippen LogP contribution in [0, 0.1) is 17.3 Å². The number of hydrogen-bond donors (Lipinski definition) is 0. The van der Waals surface area contributed by atoms with Gasteiger partial charge in [-0.05, 0) is 52.5 Å². The number of methoxy groups -OCH3 is 1. The van der Waals surface area contributed by atoms with Crippen molar-refractivity contribution in [3.63, 3.8) is 0 Å². The molecule has 0 radical (unpaired) electrons. The van der Waals surface area contributed by atoms with Crippen molar-refractivity contribution in [3.05, 3.63) is 46.1 Å². The zero-order valence-electron chi connectivity index (χ0n) is 16.2. The Labute approximate surface area is 146 Å². The van der Waals surface area contributed by atoms with Crippen LogP contribution in [0.1, 0.15) is 54.9 Å². The molecule has 0 aromatic rings. The van der Waals surface area contributed by atoms with Gasteiger partial charge >= 0.3 is 0 Å². The number of ether oxygens (including phenoxy) is 2. The van der Waals surface area contributed by atoms with Gasteiger partial charge < -0.3 is 9.47 Å². The summed E-state index contributed by atoms with van der Waals surface area (Å²) in [6.07, 6.45) is 5.44. The summed E-state index contributed by atoms with van der Waals surface area (Å²) in [5.41, 5.74) is 3.44. The number of hydrogen-bond acceptors (Lipinski definition) is 3. The Morgan fingerprint density at radius 2 is 2.00 bits per heavy atom. The van der Waals surface area contributed by atoms with Crippen LogP contribution in [-0.2, 0) is 14.3 Å². The molecule has 0 bridgehead atoms. The first-order valence-corrected chi connectivity index (χ1v) is 8.68. The Bertz CT molecular complexity index is 673. The molecule has 1 heterocycles. The number of allylic oxidation sites excluding steroid dienone is 6. The molecule has 1 aliphatic carbocycles. The molecule has 2 rings (SSSR count). The van der Waals surface area contributed by atoms with Crippen LogP contribution in [0.3, 0.4) is 0 Å². The van der Waals surface area contributed by atoms with Crippen molar-refractivity contribution in [1.29, 1.82) is 0 Å². The van der Waals surface area contributed by atoms with Gasteiger partial charge in [-0.3, -0.25) is 4.79 Å². The average Bonchev–Trinajstić information content (AvgIpc) is 2.50. The van der Waals surface area contributed by atoms with Gasteiger partial charge in [0, 0.05) is 5.92 Å². The van der Waals surface area contributed by atoms with Gasteiger partial charge in [0.15, 0.2) is 5.78 Å². The predicted molar refractivity (Wildman–Crippen MR) is 97.1 cm³/mol. The number of ketones is 1. The molecule has 24 heavy (non-hydrogen) atoms. The highest BCUT2D eigenvalue weighted by Crippen LogP contribution is 2.49. The van der Waals surface area contributed by atoms with Crippen molar-refractivity contribution in [1.82, 2.24) is 0 Å². The molecule has 1 aliphatic heterocycles. The van der Waals surface area contributed by atoms with Crippen LogP contribution in [0.2, 0.25) is 0 Å². The molecule has 0 aromatic carbocycles. The van der Waals surface area contributed by atoms with E-state index < -0.39 is 5.41 Å². The Kier molecular flexibility index (Phi) is 5.12. The molecule has 3 heteroatoms. The second-order valence-electron chi connectivity index (χ2n) is 7.66. The van der Waals surface area contributed by atoms with Gasteiger partial charge in [0.25, 0.3) is 5.95 Å². The number of rotatable bonds is 4. The zero-order chi connectivity index (χ0) is 18.2. The van der Waals surface area contributed by atoms with E-state index in [2.05, 4.69) is 46.8 Å². The van der Waals surface area contributed by atoms with E-state index in [1.54, 1.807) is 14.0 Å². The van der Waals surface area contributed by atoms with Crippen LogP contribution in [0.4, 0.5) is 0 Å². The predicted octanol–water partition coefficient (Wildman–Crippen LogP) is 5.31. The number of carbonyl (C=O) groups is 1. The fraction of sp³-hybridized carbons (Fsp3) is 0.571. The lowest BCUT2D eigenvalue weighted by atomic mass is 9.68. The summed E-state index contributed by atoms with van der Waals surface area (Å²) in [6.45, 7) is 14.5. The van der Waals surface area contributed by atoms with E-state index in [1.165, 1.54) is 11.1 Å². The van der Waals surface area contributed by atoms with Crippen LogP contribution >= 0.6 is 0 Å². The Hall–Kier alpha value is -1.77. The van der Waals surface area contributed by atoms with Crippen LogP contribution in [0.5, 0.6) is 0 Å². The standard InChI is InChI=1S/C21H30O3/c1-12(2)9-10-13(3)17-14(4)11-21(7)18(22)16(6)20(23-8)24-19(21)15(17)5/h10-12,17H,9H2,1-8H3/b13-10+/t17-,21+/m0/s1. The van der Waals surface area contributed by atoms with Crippen molar-refractivity contribution in [3.8, 4) is 0 Å². The van der Waals surface area contributed by atoms with E-state index in [1.807, 2.05) is 6.92 Å². The maximum Gasteiger partial charge on any atom is 0.290 e. The van der Waals surface area contributed by atoms with Crippen molar-refractivity contribution >= 4 is 5.78 Å². The topological polar surface area (TPSA) is 35.5 Å². The van der Waals surface area contributed by atoms with Gasteiger partial charge in [0.05, 0.1) is 12.7 Å². The average molecular weight is 330 g/mol. The number of fused-ring (bicyclic) bond motifs is 1. The molecule has 0 saturated heterocycles. The maximum atomic E-state index is 12.9. The van der Waals surface area contributed by atoms with Gasteiger partial charge in [-0.1, -0.05) is 37.1 Å². The summed E-state index contributed by atoms with van der Waals surface area (Å²) in [5.74, 6) is 1.92. The second kappa shape index (κ2) is 6.62. The molecule has 2 atom stereocenters. The van der Waals surface area contributed by atoms with Gasteiger partial charge in [0.2, 0.25) is 0 Å². The van der Waals surface area contributed by atoms with E-state index in [0.29, 0.717) is 17.4 Å².